The fourth-order valence-electron chi connectivity index (χ4n) is 2.45. The van der Waals surface area contributed by atoms with Crippen molar-refractivity contribution in [3.8, 4) is 11.5 Å². The van der Waals surface area contributed by atoms with Crippen LogP contribution < -0.4 is 10.5 Å². The van der Waals surface area contributed by atoms with Crippen molar-refractivity contribution in [2.75, 3.05) is 6.54 Å². The van der Waals surface area contributed by atoms with E-state index in [4.69, 9.17) is 22.1 Å². The SMILES string of the molecule is Cc1cc(Oc2ccc(CCN)c(Cl)c2)ccc1C(C)C. The quantitative estimate of drug-likeness (QED) is 0.837. The predicted molar refractivity (Wildman–Crippen MR) is 89.6 cm³/mol. The monoisotopic (exact) mass is 303 g/mol. The molecule has 0 aromatic heterocycles. The van der Waals surface area contributed by atoms with Crippen molar-refractivity contribution in [2.24, 2.45) is 5.73 Å². The molecule has 2 N–H and O–H groups in total. The van der Waals surface area contributed by atoms with Gasteiger partial charge in [-0.05, 0) is 66.8 Å². The van der Waals surface area contributed by atoms with Crippen molar-refractivity contribution in [3.63, 3.8) is 0 Å². The summed E-state index contributed by atoms with van der Waals surface area (Å²) in [6, 6.07) is 11.9. The molecule has 2 nitrogen and oxygen atoms in total. The highest BCUT2D eigenvalue weighted by atomic mass is 35.5. The molecule has 0 unspecified atom stereocenters. The lowest BCUT2D eigenvalue weighted by molar-refractivity contribution is 0.481. The van der Waals surface area contributed by atoms with Crippen molar-refractivity contribution in [1.82, 2.24) is 0 Å². The van der Waals surface area contributed by atoms with Crippen LogP contribution in [0.4, 0.5) is 0 Å². The normalized spacial score (nSPS) is 11.0. The maximum Gasteiger partial charge on any atom is 0.128 e. The molecule has 0 aliphatic carbocycles. The molecule has 0 aliphatic heterocycles. The Labute approximate surface area is 131 Å². The fourth-order valence-corrected chi connectivity index (χ4v) is 2.71. The van der Waals surface area contributed by atoms with Gasteiger partial charge in [0.1, 0.15) is 11.5 Å². The Bertz CT molecular complexity index is 623. The minimum Gasteiger partial charge on any atom is -0.457 e. The van der Waals surface area contributed by atoms with E-state index >= 15 is 0 Å². The van der Waals surface area contributed by atoms with Crippen LogP contribution in [0.3, 0.4) is 0 Å². The Morgan fingerprint density at radius 2 is 1.76 bits per heavy atom. The molecule has 3 heteroatoms. The number of hydrogen-bond donors (Lipinski definition) is 1. The summed E-state index contributed by atoms with van der Waals surface area (Å²) in [6.07, 6.45) is 0.779. The molecule has 0 saturated carbocycles. The lowest BCUT2D eigenvalue weighted by atomic mass is 9.98. The zero-order valence-corrected chi connectivity index (χ0v) is 13.6. The zero-order chi connectivity index (χ0) is 15.4. The topological polar surface area (TPSA) is 35.2 Å². The van der Waals surface area contributed by atoms with Gasteiger partial charge in [0.05, 0.1) is 0 Å². The molecule has 0 radical (unpaired) electrons. The van der Waals surface area contributed by atoms with Crippen LogP contribution in [0.25, 0.3) is 0 Å². The van der Waals surface area contributed by atoms with Crippen LogP contribution in [0.5, 0.6) is 11.5 Å². The molecule has 0 heterocycles. The van der Waals surface area contributed by atoms with Gasteiger partial charge in [-0.15, -0.1) is 0 Å². The van der Waals surface area contributed by atoms with Crippen molar-refractivity contribution in [3.05, 3.63) is 58.1 Å². The summed E-state index contributed by atoms with van der Waals surface area (Å²) < 4.78 is 5.89. The molecule has 0 spiro atoms. The van der Waals surface area contributed by atoms with Gasteiger partial charge >= 0.3 is 0 Å². The smallest absolute Gasteiger partial charge is 0.128 e. The Kier molecular flexibility index (Phi) is 5.27. The van der Waals surface area contributed by atoms with Gasteiger partial charge in [0.15, 0.2) is 0 Å². The second-order valence-corrected chi connectivity index (χ2v) is 5.97. The minimum absolute atomic E-state index is 0.518. The maximum atomic E-state index is 6.24. The van der Waals surface area contributed by atoms with Gasteiger partial charge in [-0.3, -0.25) is 0 Å². The number of nitrogens with two attached hydrogens (primary N) is 1. The highest BCUT2D eigenvalue weighted by molar-refractivity contribution is 6.31. The van der Waals surface area contributed by atoms with Crippen LogP contribution >= 0.6 is 11.6 Å². The number of ether oxygens (including phenoxy) is 1. The van der Waals surface area contributed by atoms with Crippen LogP contribution in [-0.4, -0.2) is 6.54 Å². The molecule has 0 bridgehead atoms. The molecule has 2 aromatic carbocycles. The van der Waals surface area contributed by atoms with Crippen LogP contribution in [0, 0.1) is 6.92 Å². The van der Waals surface area contributed by atoms with Crippen molar-refractivity contribution < 1.29 is 4.74 Å². The van der Waals surface area contributed by atoms with Crippen LogP contribution in [0.15, 0.2) is 36.4 Å². The first kappa shape index (κ1) is 15.9. The van der Waals surface area contributed by atoms with E-state index in [0.717, 1.165) is 23.5 Å². The summed E-state index contributed by atoms with van der Waals surface area (Å²) in [4.78, 5) is 0. The number of hydrogen-bond acceptors (Lipinski definition) is 2. The fraction of sp³-hybridized carbons (Fsp3) is 0.333. The first-order valence-corrected chi connectivity index (χ1v) is 7.66. The zero-order valence-electron chi connectivity index (χ0n) is 12.8. The second-order valence-electron chi connectivity index (χ2n) is 5.57. The number of benzene rings is 2. The molecule has 2 rings (SSSR count). The predicted octanol–water partition coefficient (Wildman–Crippen LogP) is 5.07. The standard InChI is InChI=1S/C18H22ClNO/c1-12(2)17-7-6-15(10-13(17)3)21-16-5-4-14(8-9-20)18(19)11-16/h4-7,10-12H,8-9,20H2,1-3H3. The van der Waals surface area contributed by atoms with E-state index in [1.165, 1.54) is 11.1 Å². The average Bonchev–Trinajstić information content (AvgIpc) is 2.41. The summed E-state index contributed by atoms with van der Waals surface area (Å²) >= 11 is 6.24. The van der Waals surface area contributed by atoms with Gasteiger partial charge in [0.25, 0.3) is 0 Å². The van der Waals surface area contributed by atoms with Crippen molar-refractivity contribution in [1.29, 1.82) is 0 Å². The minimum atomic E-state index is 0.518. The molecule has 0 saturated heterocycles. The van der Waals surface area contributed by atoms with E-state index in [9.17, 15) is 0 Å². The number of rotatable bonds is 5. The Balaban J connectivity index is 2.18. The van der Waals surface area contributed by atoms with E-state index < -0.39 is 0 Å². The second kappa shape index (κ2) is 6.97. The first-order chi connectivity index (χ1) is 10.0. The summed E-state index contributed by atoms with van der Waals surface area (Å²) in [5, 5.41) is 0.702. The largest absolute Gasteiger partial charge is 0.457 e. The lowest BCUT2D eigenvalue weighted by Gasteiger charge is -2.13. The summed E-state index contributed by atoms with van der Waals surface area (Å²) in [5.41, 5.74) is 9.20. The highest BCUT2D eigenvalue weighted by Crippen LogP contribution is 2.29. The van der Waals surface area contributed by atoms with Gasteiger partial charge < -0.3 is 10.5 Å². The van der Waals surface area contributed by atoms with E-state index in [0.29, 0.717) is 17.5 Å². The van der Waals surface area contributed by atoms with E-state index in [1.54, 1.807) is 0 Å². The maximum absolute atomic E-state index is 6.24. The molecule has 2 aromatic rings. The first-order valence-electron chi connectivity index (χ1n) is 7.28. The molecule has 0 atom stereocenters. The summed E-state index contributed by atoms with van der Waals surface area (Å²) in [7, 11) is 0. The highest BCUT2D eigenvalue weighted by Gasteiger charge is 2.07. The number of aryl methyl sites for hydroxylation is 1. The van der Waals surface area contributed by atoms with Crippen LogP contribution in [0.2, 0.25) is 5.02 Å². The summed E-state index contributed by atoms with van der Waals surface area (Å²) in [6.45, 7) is 7.09. The van der Waals surface area contributed by atoms with E-state index in [-0.39, 0.29) is 0 Å². The molecule has 112 valence electrons. The van der Waals surface area contributed by atoms with Crippen molar-refractivity contribution >= 4 is 11.6 Å². The molecule has 0 fully saturated rings. The molecule has 0 aliphatic rings. The van der Waals surface area contributed by atoms with Crippen LogP contribution in [-0.2, 0) is 6.42 Å². The Hall–Kier alpha value is -1.51. The molecular formula is C18H22ClNO. The van der Waals surface area contributed by atoms with Gasteiger partial charge in [0, 0.05) is 5.02 Å². The third kappa shape index (κ3) is 3.99. The third-order valence-electron chi connectivity index (χ3n) is 3.54. The molecule has 21 heavy (non-hydrogen) atoms. The van der Waals surface area contributed by atoms with E-state index in [2.05, 4.69) is 32.9 Å². The summed E-state index contributed by atoms with van der Waals surface area (Å²) in [5.74, 6) is 2.10. The van der Waals surface area contributed by atoms with Gasteiger partial charge in [0.2, 0.25) is 0 Å². The Morgan fingerprint density at radius 3 is 2.33 bits per heavy atom. The van der Waals surface area contributed by atoms with Gasteiger partial charge in [-0.25, -0.2) is 0 Å². The van der Waals surface area contributed by atoms with E-state index in [1.807, 2.05) is 24.3 Å². The third-order valence-corrected chi connectivity index (χ3v) is 3.89. The Morgan fingerprint density at radius 1 is 1.10 bits per heavy atom. The van der Waals surface area contributed by atoms with Gasteiger partial charge in [-0.1, -0.05) is 37.6 Å². The van der Waals surface area contributed by atoms with Crippen LogP contribution in [0.1, 0.15) is 36.5 Å². The lowest BCUT2D eigenvalue weighted by Crippen LogP contribution is -2.03. The van der Waals surface area contributed by atoms with Crippen molar-refractivity contribution in [2.45, 2.75) is 33.1 Å². The van der Waals surface area contributed by atoms with Gasteiger partial charge in [-0.2, -0.15) is 0 Å². The molecule has 0 amide bonds. The average molecular weight is 304 g/mol. The number of halogens is 1. The molecular weight excluding hydrogens is 282 g/mol.